The Morgan fingerprint density at radius 2 is 2.25 bits per heavy atom. The van der Waals surface area contributed by atoms with E-state index >= 15 is 0 Å². The van der Waals surface area contributed by atoms with Gasteiger partial charge in [0.05, 0.1) is 5.69 Å². The van der Waals surface area contributed by atoms with Gasteiger partial charge in [-0.1, -0.05) is 0 Å². The number of piperidine rings is 1. The van der Waals surface area contributed by atoms with Gasteiger partial charge in [0.25, 0.3) is 0 Å². The highest BCUT2D eigenvalue weighted by Crippen LogP contribution is 2.24. The third-order valence-corrected chi connectivity index (χ3v) is 3.26. The first-order valence-electron chi connectivity index (χ1n) is 5.78. The van der Waals surface area contributed by atoms with Gasteiger partial charge in [-0.3, -0.25) is 4.68 Å². The van der Waals surface area contributed by atoms with E-state index in [9.17, 15) is 0 Å². The summed E-state index contributed by atoms with van der Waals surface area (Å²) in [7, 11) is 6.18. The van der Waals surface area contributed by atoms with Crippen molar-refractivity contribution in [2.75, 3.05) is 37.8 Å². The van der Waals surface area contributed by atoms with E-state index in [1.165, 1.54) is 12.8 Å². The smallest absolute Gasteiger partial charge is 0.173 e. The minimum atomic E-state index is 0.607. The summed E-state index contributed by atoms with van der Waals surface area (Å²) in [6.45, 7) is 2.08. The second-order valence-corrected chi connectivity index (χ2v) is 4.79. The van der Waals surface area contributed by atoms with Crippen LogP contribution in [0.5, 0.6) is 0 Å². The van der Waals surface area contributed by atoms with Crippen molar-refractivity contribution in [2.24, 2.45) is 7.05 Å². The van der Waals surface area contributed by atoms with Crippen molar-refractivity contribution in [3.8, 4) is 0 Å². The molecule has 16 heavy (non-hydrogen) atoms. The fraction of sp³-hybridized carbons (Fsp3) is 0.727. The van der Waals surface area contributed by atoms with E-state index in [0.717, 1.165) is 24.6 Å². The monoisotopic (exact) mass is 223 g/mol. The molecular weight excluding hydrogens is 202 g/mol. The van der Waals surface area contributed by atoms with Gasteiger partial charge in [-0.05, 0) is 26.9 Å². The van der Waals surface area contributed by atoms with Crippen LogP contribution < -0.4 is 10.6 Å². The topological polar surface area (TPSA) is 50.3 Å². The molecule has 1 fully saturated rings. The summed E-state index contributed by atoms with van der Waals surface area (Å²) in [6.07, 6.45) is 4.34. The average Bonchev–Trinajstić information content (AvgIpc) is 2.58. The lowest BCUT2D eigenvalue weighted by molar-refractivity contribution is 0.257. The molecule has 2 N–H and O–H groups in total. The predicted molar refractivity (Wildman–Crippen MR) is 66.5 cm³/mol. The van der Waals surface area contributed by atoms with E-state index in [1.54, 1.807) is 4.68 Å². The standard InChI is InChI=1S/C11H21N5/c1-14(2)9-5-4-6-16(7-9)11-10(12)8-15(3)13-11/h8-9H,4-7,12H2,1-3H3. The number of hydrogen-bond acceptors (Lipinski definition) is 4. The first-order chi connectivity index (χ1) is 7.58. The molecular formula is C11H21N5. The summed E-state index contributed by atoms with van der Waals surface area (Å²) in [5.74, 6) is 0.939. The Morgan fingerprint density at radius 1 is 1.50 bits per heavy atom. The van der Waals surface area contributed by atoms with E-state index in [0.29, 0.717) is 6.04 Å². The van der Waals surface area contributed by atoms with Crippen LogP contribution >= 0.6 is 0 Å². The molecule has 5 nitrogen and oxygen atoms in total. The van der Waals surface area contributed by atoms with E-state index in [2.05, 4.69) is 29.0 Å². The van der Waals surface area contributed by atoms with Crippen LogP contribution in [0.4, 0.5) is 11.5 Å². The average molecular weight is 223 g/mol. The van der Waals surface area contributed by atoms with Gasteiger partial charge in [0.15, 0.2) is 5.82 Å². The zero-order valence-corrected chi connectivity index (χ0v) is 10.3. The molecule has 1 aliphatic heterocycles. The van der Waals surface area contributed by atoms with Gasteiger partial charge >= 0.3 is 0 Å². The molecule has 1 aromatic heterocycles. The molecule has 0 bridgehead atoms. The SMILES string of the molecule is CN(C)C1CCCN(c2nn(C)cc2N)C1. The van der Waals surface area contributed by atoms with E-state index in [4.69, 9.17) is 5.73 Å². The molecule has 2 rings (SSSR count). The molecule has 1 aliphatic rings. The van der Waals surface area contributed by atoms with Crippen molar-refractivity contribution in [2.45, 2.75) is 18.9 Å². The molecule has 1 atom stereocenters. The number of rotatable bonds is 2. The Balaban J connectivity index is 2.12. The van der Waals surface area contributed by atoms with Crippen LogP contribution in [0.3, 0.4) is 0 Å². The van der Waals surface area contributed by atoms with E-state index < -0.39 is 0 Å². The first-order valence-corrected chi connectivity index (χ1v) is 5.78. The van der Waals surface area contributed by atoms with Crippen LogP contribution in [0.25, 0.3) is 0 Å². The van der Waals surface area contributed by atoms with Crippen molar-refractivity contribution in [1.29, 1.82) is 0 Å². The minimum Gasteiger partial charge on any atom is -0.394 e. The molecule has 1 saturated heterocycles. The molecule has 0 saturated carbocycles. The van der Waals surface area contributed by atoms with Crippen molar-refractivity contribution in [3.63, 3.8) is 0 Å². The zero-order chi connectivity index (χ0) is 11.7. The molecule has 0 radical (unpaired) electrons. The van der Waals surface area contributed by atoms with Gasteiger partial charge in [-0.2, -0.15) is 5.10 Å². The van der Waals surface area contributed by atoms with Crippen LogP contribution in [0.1, 0.15) is 12.8 Å². The zero-order valence-electron chi connectivity index (χ0n) is 10.3. The number of nitrogens with zero attached hydrogens (tertiary/aromatic N) is 4. The normalized spacial score (nSPS) is 21.8. The van der Waals surface area contributed by atoms with Crippen LogP contribution in [0.2, 0.25) is 0 Å². The lowest BCUT2D eigenvalue weighted by Gasteiger charge is -2.36. The lowest BCUT2D eigenvalue weighted by Crippen LogP contribution is -2.45. The maximum absolute atomic E-state index is 5.96. The quantitative estimate of drug-likeness (QED) is 0.794. The second kappa shape index (κ2) is 4.33. The van der Waals surface area contributed by atoms with Crippen LogP contribution in [-0.2, 0) is 7.05 Å². The Kier molecular flexibility index (Phi) is 3.05. The molecule has 0 aliphatic carbocycles. The highest BCUT2D eigenvalue weighted by Gasteiger charge is 2.24. The number of nitrogen functional groups attached to an aromatic ring is 1. The molecule has 2 heterocycles. The number of aryl methyl sites for hydroxylation is 1. The molecule has 90 valence electrons. The van der Waals surface area contributed by atoms with Gasteiger partial charge in [-0.15, -0.1) is 0 Å². The van der Waals surface area contributed by atoms with Gasteiger partial charge in [0, 0.05) is 32.4 Å². The van der Waals surface area contributed by atoms with Crippen molar-refractivity contribution in [1.82, 2.24) is 14.7 Å². The molecule has 0 amide bonds. The highest BCUT2D eigenvalue weighted by atomic mass is 15.4. The fourth-order valence-electron chi connectivity index (χ4n) is 2.31. The number of hydrogen-bond donors (Lipinski definition) is 1. The van der Waals surface area contributed by atoms with Crippen molar-refractivity contribution < 1.29 is 0 Å². The Bertz CT molecular complexity index is 357. The molecule has 1 aromatic rings. The van der Waals surface area contributed by atoms with Crippen molar-refractivity contribution in [3.05, 3.63) is 6.20 Å². The van der Waals surface area contributed by atoms with Gasteiger partial charge in [0.2, 0.25) is 0 Å². The van der Waals surface area contributed by atoms with Crippen LogP contribution in [-0.4, -0.2) is 47.9 Å². The Labute approximate surface area is 96.8 Å². The summed E-state index contributed by atoms with van der Waals surface area (Å²) in [5, 5.41) is 4.43. The fourth-order valence-corrected chi connectivity index (χ4v) is 2.31. The van der Waals surface area contributed by atoms with E-state index in [1.807, 2.05) is 13.2 Å². The predicted octanol–water partition coefficient (Wildman–Crippen LogP) is 0.533. The summed E-state index contributed by atoms with van der Waals surface area (Å²) < 4.78 is 1.78. The molecule has 5 heteroatoms. The number of anilines is 2. The number of likely N-dealkylation sites (N-methyl/N-ethyl adjacent to an activating group) is 1. The summed E-state index contributed by atoms with van der Waals surface area (Å²) in [6, 6.07) is 0.607. The van der Waals surface area contributed by atoms with Gasteiger partial charge in [0.1, 0.15) is 0 Å². The minimum absolute atomic E-state index is 0.607. The molecule has 1 unspecified atom stereocenters. The van der Waals surface area contributed by atoms with Crippen molar-refractivity contribution >= 4 is 11.5 Å². The maximum atomic E-state index is 5.96. The molecule has 0 spiro atoms. The third kappa shape index (κ3) is 2.14. The first kappa shape index (κ1) is 11.3. The summed E-state index contributed by atoms with van der Waals surface area (Å²) in [5.41, 5.74) is 6.73. The third-order valence-electron chi connectivity index (χ3n) is 3.26. The molecule has 0 aromatic carbocycles. The maximum Gasteiger partial charge on any atom is 0.173 e. The number of nitrogens with two attached hydrogens (primary N) is 1. The van der Waals surface area contributed by atoms with Crippen LogP contribution in [0.15, 0.2) is 6.20 Å². The number of aromatic nitrogens is 2. The summed E-state index contributed by atoms with van der Waals surface area (Å²) >= 11 is 0. The Morgan fingerprint density at radius 3 is 2.81 bits per heavy atom. The highest BCUT2D eigenvalue weighted by molar-refractivity contribution is 5.61. The van der Waals surface area contributed by atoms with Crippen LogP contribution in [0, 0.1) is 0 Å². The van der Waals surface area contributed by atoms with Gasteiger partial charge < -0.3 is 15.5 Å². The lowest BCUT2D eigenvalue weighted by atomic mass is 10.1. The second-order valence-electron chi connectivity index (χ2n) is 4.79. The van der Waals surface area contributed by atoms with E-state index in [-0.39, 0.29) is 0 Å². The Hall–Kier alpha value is -1.23. The van der Waals surface area contributed by atoms with Gasteiger partial charge in [-0.25, -0.2) is 0 Å². The summed E-state index contributed by atoms with van der Waals surface area (Å²) in [4.78, 5) is 4.58. The largest absolute Gasteiger partial charge is 0.394 e.